The van der Waals surface area contributed by atoms with Gasteiger partial charge in [0.15, 0.2) is 0 Å². The van der Waals surface area contributed by atoms with E-state index in [0.717, 1.165) is 11.1 Å². The minimum absolute atomic E-state index is 0.163. The smallest absolute Gasteiger partial charge is 0.315 e. The Morgan fingerprint density at radius 1 is 1.14 bits per heavy atom. The van der Waals surface area contributed by atoms with Crippen molar-refractivity contribution in [1.29, 1.82) is 0 Å². The van der Waals surface area contributed by atoms with Crippen molar-refractivity contribution in [1.82, 2.24) is 0 Å². The van der Waals surface area contributed by atoms with E-state index >= 15 is 0 Å². The lowest BCUT2D eigenvalue weighted by atomic mass is 9.79. The number of hydrogen-bond donors (Lipinski definition) is 1. The molecule has 0 unspecified atom stereocenters. The first-order chi connectivity index (χ1) is 9.46. The van der Waals surface area contributed by atoms with Crippen molar-refractivity contribution in [2.45, 2.75) is 58.8 Å². The highest BCUT2D eigenvalue weighted by Gasteiger charge is 2.27. The predicted molar refractivity (Wildman–Crippen MR) is 86.0 cm³/mol. The summed E-state index contributed by atoms with van der Waals surface area (Å²) in [5.74, 6) is 0.392. The van der Waals surface area contributed by atoms with Gasteiger partial charge in [-0.3, -0.25) is 4.79 Å². The first-order valence-corrected chi connectivity index (χ1v) is 7.16. The molecular weight excluding hydrogens is 264 g/mol. The minimum atomic E-state index is -0.351. The van der Waals surface area contributed by atoms with Gasteiger partial charge in [0.2, 0.25) is 0 Å². The summed E-state index contributed by atoms with van der Waals surface area (Å²) in [6, 6.07) is 3.48. The van der Waals surface area contributed by atoms with Crippen molar-refractivity contribution in [2.24, 2.45) is 0 Å². The lowest BCUT2D eigenvalue weighted by molar-refractivity contribution is -0.133. The Hall–Kier alpha value is -1.77. The third-order valence-corrected chi connectivity index (χ3v) is 3.24. The van der Waals surface area contributed by atoms with Crippen LogP contribution in [0.4, 0.5) is 0 Å². The van der Waals surface area contributed by atoms with Crippen LogP contribution in [-0.2, 0) is 15.6 Å². The summed E-state index contributed by atoms with van der Waals surface area (Å²) in [7, 11) is 0. The van der Waals surface area contributed by atoms with E-state index in [2.05, 4.69) is 6.58 Å². The van der Waals surface area contributed by atoms with Crippen molar-refractivity contribution in [3.05, 3.63) is 35.9 Å². The molecule has 0 saturated heterocycles. The number of phenolic OH excluding ortho intramolecular Hbond substituents is 1. The summed E-state index contributed by atoms with van der Waals surface area (Å²) in [5, 5.41) is 10.6. The second-order valence-corrected chi connectivity index (χ2v) is 7.33. The van der Waals surface area contributed by atoms with E-state index in [4.69, 9.17) is 4.74 Å². The van der Waals surface area contributed by atoms with Crippen LogP contribution in [0.2, 0.25) is 0 Å². The van der Waals surface area contributed by atoms with E-state index < -0.39 is 0 Å². The fourth-order valence-electron chi connectivity index (χ4n) is 2.10. The van der Waals surface area contributed by atoms with Crippen molar-refractivity contribution < 1.29 is 14.6 Å². The standard InChI is InChI=1S/C18H26O3/c1-8-9-15(19)21-12-10-13(17(2,3)4)16(20)14(11-12)18(5,6)7/h8,10-11,20H,1,9H2,2-7H3. The molecule has 1 rings (SSSR count). The van der Waals surface area contributed by atoms with Gasteiger partial charge in [-0.2, -0.15) is 0 Å². The topological polar surface area (TPSA) is 46.5 Å². The average molecular weight is 290 g/mol. The molecule has 0 atom stereocenters. The number of esters is 1. The number of ether oxygens (including phenoxy) is 1. The second kappa shape index (κ2) is 5.92. The molecule has 0 aromatic heterocycles. The van der Waals surface area contributed by atoms with Crippen LogP contribution in [0, 0.1) is 0 Å². The Balaban J connectivity index is 3.40. The number of carbonyl (C=O) groups excluding carboxylic acids is 1. The van der Waals surface area contributed by atoms with Gasteiger partial charge in [0.05, 0.1) is 6.42 Å². The second-order valence-electron chi connectivity index (χ2n) is 7.33. The van der Waals surface area contributed by atoms with Crippen molar-refractivity contribution in [3.63, 3.8) is 0 Å². The first-order valence-electron chi connectivity index (χ1n) is 7.16. The summed E-state index contributed by atoms with van der Waals surface area (Å²) in [6.07, 6.45) is 1.68. The molecule has 0 aliphatic carbocycles. The summed E-state index contributed by atoms with van der Waals surface area (Å²) in [5.41, 5.74) is 1.06. The molecule has 0 fully saturated rings. The van der Waals surface area contributed by atoms with Crippen LogP contribution < -0.4 is 4.74 Å². The molecule has 3 heteroatoms. The molecule has 116 valence electrons. The van der Waals surface area contributed by atoms with Crippen LogP contribution in [0.15, 0.2) is 24.8 Å². The van der Waals surface area contributed by atoms with Gasteiger partial charge in [0, 0.05) is 11.1 Å². The van der Waals surface area contributed by atoms with Gasteiger partial charge in [-0.05, 0) is 23.0 Å². The molecule has 21 heavy (non-hydrogen) atoms. The molecule has 0 amide bonds. The highest BCUT2D eigenvalue weighted by atomic mass is 16.5. The SMILES string of the molecule is C=CCC(=O)Oc1cc(C(C)(C)C)c(O)c(C(C)(C)C)c1. The lowest BCUT2D eigenvalue weighted by Crippen LogP contribution is -2.18. The highest BCUT2D eigenvalue weighted by molar-refractivity contribution is 5.74. The Bertz CT molecular complexity index is 508. The zero-order valence-corrected chi connectivity index (χ0v) is 13.9. The summed E-state index contributed by atoms with van der Waals surface area (Å²) < 4.78 is 5.36. The van der Waals surface area contributed by atoms with Crippen LogP contribution in [0.1, 0.15) is 59.1 Å². The third kappa shape index (κ3) is 4.35. The van der Waals surface area contributed by atoms with E-state index in [9.17, 15) is 9.90 Å². The zero-order valence-electron chi connectivity index (χ0n) is 13.9. The molecule has 0 spiro atoms. The van der Waals surface area contributed by atoms with Gasteiger partial charge in [0.1, 0.15) is 11.5 Å². The van der Waals surface area contributed by atoms with Crippen molar-refractivity contribution >= 4 is 5.97 Å². The molecule has 0 radical (unpaired) electrons. The largest absolute Gasteiger partial charge is 0.507 e. The van der Waals surface area contributed by atoms with E-state index in [1.54, 1.807) is 12.1 Å². The van der Waals surface area contributed by atoms with Gasteiger partial charge in [-0.1, -0.05) is 47.6 Å². The number of benzene rings is 1. The maximum Gasteiger partial charge on any atom is 0.315 e. The van der Waals surface area contributed by atoms with E-state index in [-0.39, 0.29) is 29.0 Å². The van der Waals surface area contributed by atoms with Gasteiger partial charge >= 0.3 is 5.97 Å². The van der Waals surface area contributed by atoms with Crippen LogP contribution in [-0.4, -0.2) is 11.1 Å². The molecule has 0 saturated carbocycles. The maximum absolute atomic E-state index is 11.7. The molecule has 1 aromatic rings. The number of rotatable bonds is 3. The summed E-state index contributed by atoms with van der Waals surface area (Å²) in [6.45, 7) is 15.6. The lowest BCUT2D eigenvalue weighted by Gasteiger charge is -2.27. The van der Waals surface area contributed by atoms with E-state index in [0.29, 0.717) is 5.75 Å². The number of hydrogen-bond acceptors (Lipinski definition) is 3. The fourth-order valence-corrected chi connectivity index (χ4v) is 2.10. The molecule has 0 aliphatic rings. The molecule has 0 heterocycles. The molecule has 0 bridgehead atoms. The van der Waals surface area contributed by atoms with E-state index in [1.165, 1.54) is 6.08 Å². The van der Waals surface area contributed by atoms with Gasteiger partial charge < -0.3 is 9.84 Å². The van der Waals surface area contributed by atoms with Crippen molar-refractivity contribution in [2.75, 3.05) is 0 Å². The van der Waals surface area contributed by atoms with Crippen molar-refractivity contribution in [3.8, 4) is 11.5 Å². The predicted octanol–water partition coefficient (Wildman–Crippen LogP) is 4.47. The minimum Gasteiger partial charge on any atom is -0.507 e. The Morgan fingerprint density at radius 3 is 1.90 bits per heavy atom. The first kappa shape index (κ1) is 17.3. The molecular formula is C18H26O3. The third-order valence-electron chi connectivity index (χ3n) is 3.24. The quantitative estimate of drug-likeness (QED) is 0.507. The van der Waals surface area contributed by atoms with Gasteiger partial charge in [-0.25, -0.2) is 0 Å². The van der Waals surface area contributed by atoms with Crippen LogP contribution in [0.3, 0.4) is 0 Å². The zero-order chi connectivity index (χ0) is 16.4. The molecule has 1 N–H and O–H groups in total. The highest BCUT2D eigenvalue weighted by Crippen LogP contribution is 2.41. The van der Waals surface area contributed by atoms with Gasteiger partial charge in [-0.15, -0.1) is 6.58 Å². The average Bonchev–Trinajstić information content (AvgIpc) is 2.28. The summed E-state index contributed by atoms with van der Waals surface area (Å²) >= 11 is 0. The number of aromatic hydroxyl groups is 1. The molecule has 0 aliphatic heterocycles. The molecule has 1 aromatic carbocycles. The molecule has 3 nitrogen and oxygen atoms in total. The Labute approximate surface area is 127 Å². The maximum atomic E-state index is 11.7. The fraction of sp³-hybridized carbons (Fsp3) is 0.500. The van der Waals surface area contributed by atoms with Gasteiger partial charge in [0.25, 0.3) is 0 Å². The van der Waals surface area contributed by atoms with Crippen LogP contribution >= 0.6 is 0 Å². The number of phenols is 1. The monoisotopic (exact) mass is 290 g/mol. The Morgan fingerprint density at radius 2 is 1.57 bits per heavy atom. The van der Waals surface area contributed by atoms with E-state index in [1.807, 2.05) is 41.5 Å². The normalized spacial score (nSPS) is 12.1. The van der Waals surface area contributed by atoms with Crippen LogP contribution in [0.25, 0.3) is 0 Å². The number of carbonyl (C=O) groups is 1. The van der Waals surface area contributed by atoms with Crippen LogP contribution in [0.5, 0.6) is 11.5 Å². The Kier molecular flexibility index (Phi) is 4.87. The summed E-state index contributed by atoms with van der Waals surface area (Å²) in [4.78, 5) is 11.7.